The van der Waals surface area contributed by atoms with Gasteiger partial charge in [0, 0.05) is 19.0 Å². The molecule has 2 aromatic carbocycles. The average Bonchev–Trinajstić information content (AvgIpc) is 2.85. The maximum Gasteiger partial charge on any atom is 0.134 e. The predicted molar refractivity (Wildman–Crippen MR) is 119 cm³/mol. The summed E-state index contributed by atoms with van der Waals surface area (Å²) in [6.45, 7) is 4.36. The Kier molecular flexibility index (Phi) is 7.78. The summed E-state index contributed by atoms with van der Waals surface area (Å²) in [5, 5.41) is 10.7. The molecule has 0 saturated carbocycles. The quantitative estimate of drug-likeness (QED) is 0.620. The van der Waals surface area contributed by atoms with Gasteiger partial charge in [-0.2, -0.15) is 0 Å². The zero-order valence-corrected chi connectivity index (χ0v) is 18.0. The topological polar surface area (TPSA) is 26.7 Å². The number of rotatable bonds is 8. The van der Waals surface area contributed by atoms with Crippen LogP contribution >= 0.6 is 11.6 Å². The van der Waals surface area contributed by atoms with Gasteiger partial charge in [0.1, 0.15) is 5.75 Å². The van der Waals surface area contributed by atoms with Crippen LogP contribution in [0.4, 0.5) is 0 Å². The van der Waals surface area contributed by atoms with Gasteiger partial charge in [-0.1, -0.05) is 54.8 Å². The summed E-state index contributed by atoms with van der Waals surface area (Å²) in [6.07, 6.45) is 6.11. The fraction of sp³-hybridized carbons (Fsp3) is 0.500. The number of hydrogen-bond donors (Lipinski definition) is 1. The summed E-state index contributed by atoms with van der Waals surface area (Å²) < 4.78 is 0. The smallest absolute Gasteiger partial charge is 0.134 e. The Balaban J connectivity index is 1.68. The second-order valence-electron chi connectivity index (χ2n) is 8.23. The molecule has 4 heteroatoms. The minimum absolute atomic E-state index is 0.190. The van der Waals surface area contributed by atoms with E-state index in [2.05, 4.69) is 54.2 Å². The van der Waals surface area contributed by atoms with Crippen LogP contribution in [0.3, 0.4) is 0 Å². The number of halogens is 1. The van der Waals surface area contributed by atoms with Crippen molar-refractivity contribution in [3.05, 3.63) is 64.2 Å². The lowest BCUT2D eigenvalue weighted by Crippen LogP contribution is -2.29. The van der Waals surface area contributed by atoms with E-state index in [1.54, 1.807) is 0 Å². The molecule has 2 aromatic rings. The van der Waals surface area contributed by atoms with Crippen molar-refractivity contribution in [2.45, 2.75) is 38.0 Å². The van der Waals surface area contributed by atoms with E-state index in [9.17, 15) is 5.11 Å². The lowest BCUT2D eigenvalue weighted by atomic mass is 9.88. The van der Waals surface area contributed by atoms with Crippen LogP contribution in [0, 0.1) is 0 Å². The molecule has 0 spiro atoms. The Morgan fingerprint density at radius 2 is 1.82 bits per heavy atom. The molecule has 0 radical (unpaired) electrons. The van der Waals surface area contributed by atoms with Crippen molar-refractivity contribution in [1.82, 2.24) is 9.80 Å². The molecule has 0 aliphatic carbocycles. The maximum atomic E-state index is 10.2. The number of phenolic OH excluding ortho intramolecular Hbond substituents is 1. The van der Waals surface area contributed by atoms with Crippen LogP contribution < -0.4 is 0 Å². The lowest BCUT2D eigenvalue weighted by molar-refractivity contribution is 0.268. The molecule has 3 nitrogen and oxygen atoms in total. The molecule has 0 bridgehead atoms. The van der Waals surface area contributed by atoms with E-state index < -0.39 is 0 Å². The van der Waals surface area contributed by atoms with Gasteiger partial charge in [0.2, 0.25) is 0 Å². The van der Waals surface area contributed by atoms with Crippen LogP contribution in [-0.2, 0) is 6.42 Å². The third-order valence-corrected chi connectivity index (χ3v) is 6.06. The van der Waals surface area contributed by atoms with Crippen LogP contribution in [0.1, 0.15) is 48.3 Å². The second kappa shape index (κ2) is 10.3. The van der Waals surface area contributed by atoms with E-state index in [4.69, 9.17) is 11.6 Å². The number of phenols is 1. The maximum absolute atomic E-state index is 10.2. The summed E-state index contributed by atoms with van der Waals surface area (Å²) >= 11 is 6.22. The molecule has 28 heavy (non-hydrogen) atoms. The van der Waals surface area contributed by atoms with Crippen molar-refractivity contribution >= 4 is 11.6 Å². The molecule has 152 valence electrons. The minimum atomic E-state index is 0.190. The SMILES string of the molecule is CN(C)CCCCCCN1CCc2cc(Cl)c(O)cc2[C@@H](c2ccccc2)C1. The van der Waals surface area contributed by atoms with Crippen LogP contribution in [0.15, 0.2) is 42.5 Å². The summed E-state index contributed by atoms with van der Waals surface area (Å²) in [7, 11) is 4.28. The van der Waals surface area contributed by atoms with Crippen LogP contribution in [-0.4, -0.2) is 55.2 Å². The third-order valence-electron chi connectivity index (χ3n) is 5.75. The van der Waals surface area contributed by atoms with E-state index in [0.717, 1.165) is 26.1 Å². The number of hydrogen-bond acceptors (Lipinski definition) is 3. The zero-order valence-electron chi connectivity index (χ0n) is 17.2. The number of fused-ring (bicyclic) bond motifs is 1. The molecule has 1 N–H and O–H groups in total. The monoisotopic (exact) mass is 400 g/mol. The molecule has 1 aliphatic rings. The van der Waals surface area contributed by atoms with Gasteiger partial charge in [-0.3, -0.25) is 0 Å². The van der Waals surface area contributed by atoms with Gasteiger partial charge in [-0.25, -0.2) is 0 Å². The largest absolute Gasteiger partial charge is 0.506 e. The van der Waals surface area contributed by atoms with Gasteiger partial charge < -0.3 is 14.9 Å². The molecular weight excluding hydrogens is 368 g/mol. The molecule has 0 fully saturated rings. The fourth-order valence-electron chi connectivity index (χ4n) is 4.18. The highest BCUT2D eigenvalue weighted by Crippen LogP contribution is 2.37. The highest BCUT2D eigenvalue weighted by atomic mass is 35.5. The first-order valence-electron chi connectivity index (χ1n) is 10.5. The summed E-state index contributed by atoms with van der Waals surface area (Å²) in [5.74, 6) is 0.464. The van der Waals surface area contributed by atoms with Crippen molar-refractivity contribution in [2.75, 3.05) is 40.3 Å². The van der Waals surface area contributed by atoms with E-state index in [1.807, 2.05) is 12.1 Å². The molecular formula is C24H33ClN2O. The number of aromatic hydroxyl groups is 1. The number of nitrogens with zero attached hydrogens (tertiary/aromatic N) is 2. The molecule has 0 amide bonds. The fourth-order valence-corrected chi connectivity index (χ4v) is 4.36. The zero-order chi connectivity index (χ0) is 19.9. The molecule has 0 unspecified atom stereocenters. The Hall–Kier alpha value is -1.55. The normalized spacial score (nSPS) is 17.5. The highest BCUT2D eigenvalue weighted by molar-refractivity contribution is 6.32. The minimum Gasteiger partial charge on any atom is -0.506 e. The van der Waals surface area contributed by atoms with Crippen LogP contribution in [0.25, 0.3) is 0 Å². The molecule has 0 aromatic heterocycles. The van der Waals surface area contributed by atoms with Crippen LogP contribution in [0.2, 0.25) is 5.02 Å². The van der Waals surface area contributed by atoms with Crippen molar-refractivity contribution in [3.8, 4) is 5.75 Å². The third kappa shape index (κ3) is 5.73. The van der Waals surface area contributed by atoms with Gasteiger partial charge >= 0.3 is 0 Å². The number of unbranched alkanes of at least 4 members (excludes halogenated alkanes) is 3. The second-order valence-corrected chi connectivity index (χ2v) is 8.64. The van der Waals surface area contributed by atoms with Crippen molar-refractivity contribution < 1.29 is 5.11 Å². The molecule has 1 aliphatic heterocycles. The first-order chi connectivity index (χ1) is 13.5. The summed E-state index contributed by atoms with van der Waals surface area (Å²) in [4.78, 5) is 4.85. The van der Waals surface area contributed by atoms with E-state index in [1.165, 1.54) is 48.9 Å². The molecule has 1 atom stereocenters. The Labute approximate surface area is 174 Å². The van der Waals surface area contributed by atoms with Gasteiger partial charge in [0.05, 0.1) is 5.02 Å². The highest BCUT2D eigenvalue weighted by Gasteiger charge is 2.25. The van der Waals surface area contributed by atoms with Crippen molar-refractivity contribution in [2.24, 2.45) is 0 Å². The van der Waals surface area contributed by atoms with Crippen LogP contribution in [0.5, 0.6) is 5.75 Å². The lowest BCUT2D eigenvalue weighted by Gasteiger charge is -2.25. The summed E-state index contributed by atoms with van der Waals surface area (Å²) in [6, 6.07) is 14.5. The predicted octanol–water partition coefficient (Wildman–Crippen LogP) is 5.16. The molecule has 1 heterocycles. The Bertz CT molecular complexity index is 748. The summed E-state index contributed by atoms with van der Waals surface area (Å²) in [5.41, 5.74) is 3.80. The van der Waals surface area contributed by atoms with Crippen molar-refractivity contribution in [3.63, 3.8) is 0 Å². The van der Waals surface area contributed by atoms with Gasteiger partial charge in [-0.15, -0.1) is 0 Å². The Morgan fingerprint density at radius 3 is 2.57 bits per heavy atom. The van der Waals surface area contributed by atoms with E-state index in [-0.39, 0.29) is 11.7 Å². The first-order valence-corrected chi connectivity index (χ1v) is 10.9. The molecule has 0 saturated heterocycles. The Morgan fingerprint density at radius 1 is 1.07 bits per heavy atom. The first kappa shape index (κ1) is 21.2. The van der Waals surface area contributed by atoms with Crippen molar-refractivity contribution in [1.29, 1.82) is 0 Å². The average molecular weight is 401 g/mol. The van der Waals surface area contributed by atoms with Gasteiger partial charge in [-0.05, 0) is 75.3 Å². The van der Waals surface area contributed by atoms with E-state index >= 15 is 0 Å². The number of benzene rings is 2. The van der Waals surface area contributed by atoms with Gasteiger partial charge in [0.15, 0.2) is 0 Å². The van der Waals surface area contributed by atoms with Gasteiger partial charge in [0.25, 0.3) is 0 Å². The standard InChI is InChI=1S/C24H33ClN2O/c1-26(2)13-8-3-4-9-14-27-15-12-20-16-23(25)24(28)17-21(20)22(18-27)19-10-6-5-7-11-19/h5-7,10-11,16-17,22,28H,3-4,8-9,12-15,18H2,1-2H3/t22-/m1/s1. The van der Waals surface area contributed by atoms with E-state index in [0.29, 0.717) is 5.02 Å². The molecule has 3 rings (SSSR count).